The number of methoxy groups -OCH3 is 1. The minimum Gasteiger partial charge on any atom is -0.507 e. The lowest BCUT2D eigenvalue weighted by Crippen LogP contribution is -2.28. The third-order valence-electron chi connectivity index (χ3n) is 2.64. The Hall–Kier alpha value is -2.11. The van der Waals surface area contributed by atoms with Gasteiger partial charge in [0, 0.05) is 26.1 Å². The smallest absolute Gasteiger partial charge is 0.305 e. The van der Waals surface area contributed by atoms with Crippen molar-refractivity contribution in [3.8, 4) is 5.75 Å². The molecule has 5 nitrogen and oxygen atoms in total. The summed E-state index contributed by atoms with van der Waals surface area (Å²) in [4.78, 5) is 24.2. The SMILES string of the molecule is COC(=O)CCCN(C)C(=O)c1ccc(F)cc1O. The highest BCUT2D eigenvalue weighted by atomic mass is 19.1. The molecule has 1 N–H and O–H groups in total. The van der Waals surface area contributed by atoms with E-state index in [-0.39, 0.29) is 18.0 Å². The van der Waals surface area contributed by atoms with E-state index < -0.39 is 17.5 Å². The standard InChI is InChI=1S/C13H16FNO4/c1-15(7-3-4-12(17)19-2)13(18)10-6-5-9(14)8-11(10)16/h5-6,8,16H,3-4,7H2,1-2H3. The van der Waals surface area contributed by atoms with Gasteiger partial charge in [0.2, 0.25) is 0 Å². The minimum absolute atomic E-state index is 0.0296. The first kappa shape index (κ1) is 14.9. The largest absolute Gasteiger partial charge is 0.507 e. The lowest BCUT2D eigenvalue weighted by atomic mass is 10.1. The fraction of sp³-hybridized carbons (Fsp3) is 0.385. The molecule has 0 unspecified atom stereocenters. The maximum atomic E-state index is 12.8. The van der Waals surface area contributed by atoms with Crippen molar-refractivity contribution in [3.63, 3.8) is 0 Å². The highest BCUT2D eigenvalue weighted by molar-refractivity contribution is 5.96. The Bertz CT molecular complexity index is 476. The molecule has 1 amide bonds. The number of hydrogen-bond acceptors (Lipinski definition) is 4. The number of phenols is 1. The molecule has 0 aromatic heterocycles. The Labute approximate surface area is 110 Å². The zero-order valence-corrected chi connectivity index (χ0v) is 10.9. The first-order chi connectivity index (χ1) is 8.95. The number of aromatic hydroxyl groups is 1. The average Bonchev–Trinajstić information content (AvgIpc) is 2.37. The van der Waals surface area contributed by atoms with Gasteiger partial charge in [-0.3, -0.25) is 9.59 Å². The Balaban J connectivity index is 2.59. The van der Waals surface area contributed by atoms with E-state index in [1.807, 2.05) is 0 Å². The Morgan fingerprint density at radius 2 is 2.11 bits per heavy atom. The number of esters is 1. The van der Waals surface area contributed by atoms with Crippen molar-refractivity contribution in [2.24, 2.45) is 0 Å². The molecule has 1 aromatic carbocycles. The van der Waals surface area contributed by atoms with E-state index in [0.29, 0.717) is 13.0 Å². The van der Waals surface area contributed by atoms with E-state index in [2.05, 4.69) is 4.74 Å². The van der Waals surface area contributed by atoms with Crippen LogP contribution < -0.4 is 0 Å². The van der Waals surface area contributed by atoms with Crippen molar-refractivity contribution in [2.75, 3.05) is 20.7 Å². The predicted octanol–water partition coefficient (Wildman–Crippen LogP) is 1.56. The summed E-state index contributed by atoms with van der Waals surface area (Å²) in [6.07, 6.45) is 0.667. The summed E-state index contributed by atoms with van der Waals surface area (Å²) in [5.41, 5.74) is 0.0296. The second-order valence-corrected chi connectivity index (χ2v) is 4.07. The van der Waals surface area contributed by atoms with Gasteiger partial charge < -0.3 is 14.7 Å². The lowest BCUT2D eigenvalue weighted by molar-refractivity contribution is -0.140. The molecule has 1 aromatic rings. The monoisotopic (exact) mass is 269 g/mol. The van der Waals surface area contributed by atoms with Gasteiger partial charge in [0.15, 0.2) is 0 Å². The van der Waals surface area contributed by atoms with Crippen molar-refractivity contribution in [1.82, 2.24) is 4.90 Å². The van der Waals surface area contributed by atoms with Gasteiger partial charge in [-0.05, 0) is 18.6 Å². The fourth-order valence-electron chi connectivity index (χ4n) is 1.56. The molecule has 0 saturated heterocycles. The predicted molar refractivity (Wildman–Crippen MR) is 66.3 cm³/mol. The van der Waals surface area contributed by atoms with Gasteiger partial charge in [0.1, 0.15) is 11.6 Å². The van der Waals surface area contributed by atoms with Gasteiger partial charge in [-0.1, -0.05) is 0 Å². The molecule has 0 aliphatic carbocycles. The molecule has 6 heteroatoms. The van der Waals surface area contributed by atoms with Crippen LogP contribution in [0.3, 0.4) is 0 Å². The highest BCUT2D eigenvalue weighted by Gasteiger charge is 2.16. The van der Waals surface area contributed by atoms with Crippen LogP contribution in [0.25, 0.3) is 0 Å². The normalized spacial score (nSPS) is 10.1. The molecular formula is C13H16FNO4. The summed E-state index contributed by atoms with van der Waals surface area (Å²) in [7, 11) is 2.84. The molecule has 0 fully saturated rings. The van der Waals surface area contributed by atoms with Crippen LogP contribution in [0, 0.1) is 5.82 Å². The number of carbonyl (C=O) groups is 2. The summed E-state index contributed by atoms with van der Waals surface area (Å²) >= 11 is 0. The summed E-state index contributed by atoms with van der Waals surface area (Å²) in [6.45, 7) is 0.338. The van der Waals surface area contributed by atoms with Crippen LogP contribution in [0.4, 0.5) is 4.39 Å². The molecule has 0 saturated carbocycles. The molecule has 1 rings (SSSR count). The number of phenolic OH excluding ortho intramolecular Hbond substituents is 1. The van der Waals surface area contributed by atoms with Gasteiger partial charge in [-0.2, -0.15) is 0 Å². The van der Waals surface area contributed by atoms with Crippen molar-refractivity contribution < 1.29 is 23.8 Å². The van der Waals surface area contributed by atoms with Gasteiger partial charge in [0.05, 0.1) is 12.7 Å². The van der Waals surface area contributed by atoms with E-state index in [0.717, 1.165) is 12.1 Å². The zero-order chi connectivity index (χ0) is 14.4. The molecule has 0 aliphatic rings. The summed E-state index contributed by atoms with van der Waals surface area (Å²) in [6, 6.07) is 3.22. The Kier molecular flexibility index (Phi) is 5.29. The van der Waals surface area contributed by atoms with Crippen molar-refractivity contribution >= 4 is 11.9 Å². The second kappa shape index (κ2) is 6.72. The molecule has 0 atom stereocenters. The number of benzene rings is 1. The van der Waals surface area contributed by atoms with Crippen LogP contribution in [-0.4, -0.2) is 42.6 Å². The van der Waals surface area contributed by atoms with E-state index >= 15 is 0 Å². The minimum atomic E-state index is -0.609. The van der Waals surface area contributed by atoms with Gasteiger partial charge in [0.25, 0.3) is 5.91 Å². The third-order valence-corrected chi connectivity index (χ3v) is 2.64. The number of halogens is 1. The summed E-state index contributed by atoms with van der Waals surface area (Å²) in [5, 5.41) is 9.50. The van der Waals surface area contributed by atoms with Crippen LogP contribution >= 0.6 is 0 Å². The molecule has 0 spiro atoms. The zero-order valence-electron chi connectivity index (χ0n) is 10.9. The van der Waals surface area contributed by atoms with E-state index in [1.54, 1.807) is 7.05 Å². The number of amides is 1. The Morgan fingerprint density at radius 1 is 1.42 bits per heavy atom. The van der Waals surface area contributed by atoms with E-state index in [1.165, 1.54) is 18.1 Å². The van der Waals surface area contributed by atoms with E-state index in [9.17, 15) is 19.1 Å². The van der Waals surface area contributed by atoms with Crippen LogP contribution in [0.15, 0.2) is 18.2 Å². The molecule has 104 valence electrons. The first-order valence-corrected chi connectivity index (χ1v) is 5.76. The molecule has 0 aliphatic heterocycles. The van der Waals surface area contributed by atoms with Gasteiger partial charge >= 0.3 is 5.97 Å². The number of nitrogens with zero attached hydrogens (tertiary/aromatic N) is 1. The highest BCUT2D eigenvalue weighted by Crippen LogP contribution is 2.19. The van der Waals surface area contributed by atoms with Crippen molar-refractivity contribution in [2.45, 2.75) is 12.8 Å². The second-order valence-electron chi connectivity index (χ2n) is 4.07. The average molecular weight is 269 g/mol. The molecule has 19 heavy (non-hydrogen) atoms. The van der Waals surface area contributed by atoms with Crippen molar-refractivity contribution in [3.05, 3.63) is 29.6 Å². The fourth-order valence-corrected chi connectivity index (χ4v) is 1.56. The maximum Gasteiger partial charge on any atom is 0.305 e. The van der Waals surface area contributed by atoms with E-state index in [4.69, 9.17) is 0 Å². The van der Waals surface area contributed by atoms with Gasteiger partial charge in [-0.15, -0.1) is 0 Å². The number of rotatable bonds is 5. The number of ether oxygens (including phenoxy) is 1. The maximum absolute atomic E-state index is 12.8. The summed E-state index contributed by atoms with van der Waals surface area (Å²) in [5.74, 6) is -1.78. The van der Waals surface area contributed by atoms with Crippen molar-refractivity contribution in [1.29, 1.82) is 0 Å². The van der Waals surface area contributed by atoms with Gasteiger partial charge in [-0.25, -0.2) is 4.39 Å². The van der Waals surface area contributed by atoms with Crippen LogP contribution in [0.5, 0.6) is 5.75 Å². The topological polar surface area (TPSA) is 66.8 Å². The molecule has 0 heterocycles. The quantitative estimate of drug-likeness (QED) is 0.824. The molecule has 0 radical (unpaired) electrons. The van der Waals surface area contributed by atoms with Crippen LogP contribution in [0.2, 0.25) is 0 Å². The number of hydrogen-bond donors (Lipinski definition) is 1. The number of carbonyl (C=O) groups excluding carboxylic acids is 2. The lowest BCUT2D eigenvalue weighted by Gasteiger charge is -2.17. The molecule has 0 bridgehead atoms. The third kappa shape index (κ3) is 4.24. The molecular weight excluding hydrogens is 253 g/mol. The first-order valence-electron chi connectivity index (χ1n) is 5.76. The summed E-state index contributed by atoms with van der Waals surface area (Å²) < 4.78 is 17.3. The Morgan fingerprint density at radius 3 is 2.68 bits per heavy atom. The van der Waals surface area contributed by atoms with Crippen LogP contribution in [-0.2, 0) is 9.53 Å². The van der Waals surface area contributed by atoms with Crippen LogP contribution in [0.1, 0.15) is 23.2 Å².